The number of hydrogen-bond donors (Lipinski definition) is 1. The first-order valence-corrected chi connectivity index (χ1v) is 6.97. The van der Waals surface area contributed by atoms with Crippen LogP contribution in [0.5, 0.6) is 5.75 Å². The van der Waals surface area contributed by atoms with Crippen molar-refractivity contribution >= 4 is 24.8 Å². The van der Waals surface area contributed by atoms with Crippen LogP contribution in [0.1, 0.15) is 29.2 Å². The van der Waals surface area contributed by atoms with Gasteiger partial charge >= 0.3 is 0 Å². The normalized spacial score (nSPS) is 11.3. The van der Waals surface area contributed by atoms with Gasteiger partial charge in [0.2, 0.25) is 0 Å². The first kappa shape index (κ1) is 20.8. The second kappa shape index (κ2) is 9.72. The number of halogens is 2. The van der Waals surface area contributed by atoms with Crippen molar-refractivity contribution in [3.63, 3.8) is 0 Å². The lowest BCUT2D eigenvalue weighted by Crippen LogP contribution is -2.16. The number of ether oxygens (including phenoxy) is 1. The van der Waals surface area contributed by atoms with Crippen molar-refractivity contribution in [2.24, 2.45) is 5.73 Å². The number of imidazole rings is 1. The molecule has 0 bridgehead atoms. The molecule has 2 rings (SSSR count). The Bertz CT molecular complexity index is 536. The minimum absolute atomic E-state index is 0. The summed E-state index contributed by atoms with van der Waals surface area (Å²) in [5.74, 6) is 0.918. The Morgan fingerprint density at radius 1 is 1.23 bits per heavy atom. The van der Waals surface area contributed by atoms with E-state index in [-0.39, 0.29) is 24.8 Å². The van der Waals surface area contributed by atoms with E-state index in [4.69, 9.17) is 10.5 Å². The highest BCUT2D eigenvalue weighted by Crippen LogP contribution is 2.26. The van der Waals surface area contributed by atoms with Gasteiger partial charge in [0.15, 0.2) is 0 Å². The van der Waals surface area contributed by atoms with Crippen LogP contribution in [-0.4, -0.2) is 23.2 Å². The summed E-state index contributed by atoms with van der Waals surface area (Å²) in [6, 6.07) is 4.54. The molecule has 4 nitrogen and oxygen atoms in total. The molecule has 2 N–H and O–H groups in total. The lowest BCUT2D eigenvalue weighted by atomic mass is 9.94. The molecular formula is C16H25Cl2N3O. The lowest BCUT2D eigenvalue weighted by Gasteiger charge is -2.21. The highest BCUT2D eigenvalue weighted by Gasteiger charge is 2.14. The van der Waals surface area contributed by atoms with Gasteiger partial charge in [0.25, 0.3) is 0 Å². The molecule has 1 aromatic carbocycles. The van der Waals surface area contributed by atoms with E-state index >= 15 is 0 Å². The quantitative estimate of drug-likeness (QED) is 0.871. The molecule has 0 amide bonds. The van der Waals surface area contributed by atoms with Gasteiger partial charge in [-0.15, -0.1) is 24.8 Å². The molecule has 6 heteroatoms. The zero-order valence-electron chi connectivity index (χ0n) is 13.3. The Balaban J connectivity index is 0.00000220. The largest absolute Gasteiger partial charge is 0.497 e. The number of rotatable bonds is 6. The molecule has 1 aromatic heterocycles. The van der Waals surface area contributed by atoms with Crippen LogP contribution in [0.2, 0.25) is 0 Å². The number of nitrogens with two attached hydrogens (primary N) is 1. The molecule has 0 spiro atoms. The van der Waals surface area contributed by atoms with E-state index in [2.05, 4.69) is 35.5 Å². The topological polar surface area (TPSA) is 53.1 Å². The van der Waals surface area contributed by atoms with Crippen LogP contribution in [0, 0.1) is 13.8 Å². The Morgan fingerprint density at radius 3 is 2.32 bits per heavy atom. The molecule has 124 valence electrons. The van der Waals surface area contributed by atoms with E-state index < -0.39 is 0 Å². The second-order valence-electron chi connectivity index (χ2n) is 5.18. The maximum atomic E-state index is 5.76. The second-order valence-corrected chi connectivity index (χ2v) is 5.18. The predicted octanol–water partition coefficient (Wildman–Crippen LogP) is 3.48. The molecule has 0 radical (unpaired) electrons. The summed E-state index contributed by atoms with van der Waals surface area (Å²) in [6.07, 6.45) is 7.61. The van der Waals surface area contributed by atoms with Crippen molar-refractivity contribution in [3.8, 4) is 5.75 Å². The fraction of sp³-hybridized carbons (Fsp3) is 0.438. The molecule has 2 aromatic rings. The smallest absolute Gasteiger partial charge is 0.119 e. The average Bonchev–Trinajstić information content (AvgIpc) is 2.95. The summed E-state index contributed by atoms with van der Waals surface area (Å²) in [4.78, 5) is 4.14. The van der Waals surface area contributed by atoms with Gasteiger partial charge in [0.1, 0.15) is 5.75 Å². The summed E-state index contributed by atoms with van der Waals surface area (Å²) < 4.78 is 7.47. The van der Waals surface area contributed by atoms with Crippen LogP contribution in [0.4, 0.5) is 0 Å². The number of benzene rings is 1. The Morgan fingerprint density at radius 2 is 1.86 bits per heavy atom. The molecular weight excluding hydrogens is 321 g/mol. The zero-order valence-corrected chi connectivity index (χ0v) is 14.9. The first-order chi connectivity index (χ1) is 9.65. The molecule has 1 heterocycles. The average molecular weight is 346 g/mol. The van der Waals surface area contributed by atoms with Crippen LogP contribution in [0.25, 0.3) is 0 Å². The minimum atomic E-state index is 0. The summed E-state index contributed by atoms with van der Waals surface area (Å²) in [7, 11) is 1.70. The van der Waals surface area contributed by atoms with E-state index in [0.717, 1.165) is 18.6 Å². The van der Waals surface area contributed by atoms with Crippen molar-refractivity contribution in [2.45, 2.75) is 32.7 Å². The van der Waals surface area contributed by atoms with E-state index in [1.165, 1.54) is 16.7 Å². The van der Waals surface area contributed by atoms with Crippen molar-refractivity contribution in [2.75, 3.05) is 13.7 Å². The molecule has 0 fully saturated rings. The van der Waals surface area contributed by atoms with Crippen LogP contribution in [0.15, 0.2) is 30.9 Å². The van der Waals surface area contributed by atoms with Gasteiger partial charge in [-0.05, 0) is 62.1 Å². The van der Waals surface area contributed by atoms with Gasteiger partial charge in [0, 0.05) is 18.4 Å². The summed E-state index contributed by atoms with van der Waals surface area (Å²) in [5, 5.41) is 0. The highest BCUT2D eigenvalue weighted by molar-refractivity contribution is 5.85. The van der Waals surface area contributed by atoms with E-state index in [1.54, 1.807) is 7.11 Å². The molecule has 22 heavy (non-hydrogen) atoms. The predicted molar refractivity (Wildman–Crippen MR) is 95.6 cm³/mol. The third kappa shape index (κ3) is 4.90. The highest BCUT2D eigenvalue weighted by atomic mass is 35.5. The number of methoxy groups -OCH3 is 1. The fourth-order valence-corrected chi connectivity index (χ4v) is 2.66. The standard InChI is InChI=1S/C16H23N3O.2ClH/c1-12-8-15(20-3)9-13(2)16(12)10-14(4-5-17)19-7-6-18-11-19;;/h6-9,11,14H,4-5,10,17H2,1-3H3;2*1H. The number of aryl methyl sites for hydroxylation is 2. The molecule has 0 aliphatic carbocycles. The van der Waals surface area contributed by atoms with Crippen LogP contribution in [-0.2, 0) is 6.42 Å². The zero-order chi connectivity index (χ0) is 14.5. The number of aromatic nitrogens is 2. The van der Waals surface area contributed by atoms with Crippen molar-refractivity contribution in [1.82, 2.24) is 9.55 Å². The molecule has 1 atom stereocenters. The third-order valence-corrected chi connectivity index (χ3v) is 3.79. The minimum Gasteiger partial charge on any atom is -0.497 e. The molecule has 1 unspecified atom stereocenters. The van der Waals surface area contributed by atoms with E-state index in [0.29, 0.717) is 12.6 Å². The Hall–Kier alpha value is -1.23. The van der Waals surface area contributed by atoms with Gasteiger partial charge in [0.05, 0.1) is 13.4 Å². The van der Waals surface area contributed by atoms with Crippen molar-refractivity contribution in [1.29, 1.82) is 0 Å². The maximum Gasteiger partial charge on any atom is 0.119 e. The van der Waals surface area contributed by atoms with Gasteiger partial charge < -0.3 is 15.0 Å². The van der Waals surface area contributed by atoms with Crippen LogP contribution in [0.3, 0.4) is 0 Å². The van der Waals surface area contributed by atoms with Gasteiger partial charge in [-0.3, -0.25) is 0 Å². The lowest BCUT2D eigenvalue weighted by molar-refractivity contribution is 0.413. The van der Waals surface area contributed by atoms with Crippen LogP contribution >= 0.6 is 24.8 Å². The van der Waals surface area contributed by atoms with Gasteiger partial charge in [-0.2, -0.15) is 0 Å². The molecule has 0 aliphatic rings. The van der Waals surface area contributed by atoms with Crippen molar-refractivity contribution < 1.29 is 4.74 Å². The van der Waals surface area contributed by atoms with Crippen molar-refractivity contribution in [3.05, 3.63) is 47.5 Å². The van der Waals surface area contributed by atoms with E-state index in [9.17, 15) is 0 Å². The molecule has 0 saturated heterocycles. The van der Waals surface area contributed by atoms with Gasteiger partial charge in [-0.1, -0.05) is 0 Å². The summed E-state index contributed by atoms with van der Waals surface area (Å²) in [6.45, 7) is 4.95. The van der Waals surface area contributed by atoms with Crippen LogP contribution < -0.4 is 10.5 Å². The summed E-state index contributed by atoms with van der Waals surface area (Å²) >= 11 is 0. The number of nitrogens with zero attached hydrogens (tertiary/aromatic N) is 2. The fourth-order valence-electron chi connectivity index (χ4n) is 2.66. The van der Waals surface area contributed by atoms with Gasteiger partial charge in [-0.25, -0.2) is 4.98 Å². The first-order valence-electron chi connectivity index (χ1n) is 6.97. The maximum absolute atomic E-state index is 5.76. The number of hydrogen-bond acceptors (Lipinski definition) is 3. The Labute approximate surface area is 144 Å². The molecule has 0 aliphatic heterocycles. The third-order valence-electron chi connectivity index (χ3n) is 3.79. The molecule has 0 saturated carbocycles. The summed E-state index contributed by atoms with van der Waals surface area (Å²) in [5.41, 5.74) is 9.67. The monoisotopic (exact) mass is 345 g/mol. The Kier molecular flexibility index (Phi) is 9.18. The SMILES string of the molecule is COc1cc(C)c(CC(CCN)n2ccnc2)c(C)c1.Cl.Cl. The van der Waals surface area contributed by atoms with E-state index in [1.807, 2.05) is 18.7 Å².